The van der Waals surface area contributed by atoms with Crippen LogP contribution in [0.15, 0.2) is 47.6 Å². The van der Waals surface area contributed by atoms with E-state index in [9.17, 15) is 0 Å². The smallest absolute Gasteiger partial charge is 0.194 e. The van der Waals surface area contributed by atoms with E-state index < -0.39 is 0 Å². The number of guanidine groups is 1. The van der Waals surface area contributed by atoms with Gasteiger partial charge in [-0.25, -0.2) is 0 Å². The number of hydrogen-bond donors (Lipinski definition) is 1. The second-order valence-corrected chi connectivity index (χ2v) is 6.34. The van der Waals surface area contributed by atoms with Gasteiger partial charge in [0, 0.05) is 51.2 Å². The Morgan fingerprint density at radius 1 is 1.19 bits per heavy atom. The van der Waals surface area contributed by atoms with Gasteiger partial charge in [-0.3, -0.25) is 9.98 Å². The number of methoxy groups -OCH3 is 1. The van der Waals surface area contributed by atoms with Crippen LogP contribution >= 0.6 is 0 Å². The Morgan fingerprint density at radius 3 is 2.69 bits per heavy atom. The van der Waals surface area contributed by atoms with Gasteiger partial charge in [0.15, 0.2) is 5.96 Å². The van der Waals surface area contributed by atoms with E-state index in [1.807, 2.05) is 31.4 Å². The number of ether oxygens (including phenoxy) is 1. The highest BCUT2D eigenvalue weighted by Gasteiger charge is 2.20. The van der Waals surface area contributed by atoms with E-state index in [4.69, 9.17) is 4.74 Å². The molecule has 0 radical (unpaired) electrons. The van der Waals surface area contributed by atoms with Crippen LogP contribution in [0.3, 0.4) is 0 Å². The van der Waals surface area contributed by atoms with E-state index >= 15 is 0 Å². The fraction of sp³-hybridized carbons (Fsp3) is 0.400. The van der Waals surface area contributed by atoms with Crippen LogP contribution in [0.5, 0.6) is 5.75 Å². The summed E-state index contributed by atoms with van der Waals surface area (Å²) >= 11 is 0. The first-order valence-corrected chi connectivity index (χ1v) is 8.96. The number of aryl methyl sites for hydroxylation is 1. The zero-order valence-corrected chi connectivity index (χ0v) is 15.8. The lowest BCUT2D eigenvalue weighted by molar-refractivity contribution is 0.371. The van der Waals surface area contributed by atoms with Crippen LogP contribution in [-0.2, 0) is 6.54 Å². The van der Waals surface area contributed by atoms with Gasteiger partial charge in [-0.05, 0) is 30.7 Å². The Kier molecular flexibility index (Phi) is 5.94. The van der Waals surface area contributed by atoms with Gasteiger partial charge in [-0.15, -0.1) is 0 Å². The predicted octanol–water partition coefficient (Wildman–Crippen LogP) is 2.30. The van der Waals surface area contributed by atoms with E-state index in [1.165, 1.54) is 11.3 Å². The van der Waals surface area contributed by atoms with Crippen molar-refractivity contribution in [3.8, 4) is 5.75 Å². The molecule has 0 amide bonds. The van der Waals surface area contributed by atoms with E-state index in [0.717, 1.165) is 43.6 Å². The van der Waals surface area contributed by atoms with Gasteiger partial charge in [-0.1, -0.05) is 12.1 Å². The van der Waals surface area contributed by atoms with Crippen LogP contribution in [-0.4, -0.2) is 56.2 Å². The largest absolute Gasteiger partial charge is 0.497 e. The number of pyridine rings is 1. The van der Waals surface area contributed by atoms with Gasteiger partial charge >= 0.3 is 0 Å². The number of nitrogens with one attached hydrogen (secondary N) is 1. The normalized spacial score (nSPS) is 15.1. The minimum absolute atomic E-state index is 0.690. The molecule has 2 aromatic rings. The lowest BCUT2D eigenvalue weighted by Crippen LogP contribution is -2.52. The van der Waals surface area contributed by atoms with Gasteiger partial charge in [0.25, 0.3) is 0 Å². The Morgan fingerprint density at radius 2 is 2.00 bits per heavy atom. The molecule has 0 aliphatic carbocycles. The Labute approximate surface area is 155 Å². The molecule has 0 atom stereocenters. The molecule has 6 nitrogen and oxygen atoms in total. The third kappa shape index (κ3) is 4.25. The number of hydrogen-bond acceptors (Lipinski definition) is 4. The van der Waals surface area contributed by atoms with Crippen LogP contribution in [0, 0.1) is 6.92 Å². The summed E-state index contributed by atoms with van der Waals surface area (Å²) in [6, 6.07) is 12.3. The first-order valence-electron chi connectivity index (χ1n) is 8.96. The second kappa shape index (κ2) is 8.56. The Bertz CT molecular complexity index is 753. The van der Waals surface area contributed by atoms with Crippen molar-refractivity contribution in [1.29, 1.82) is 0 Å². The van der Waals surface area contributed by atoms with Crippen molar-refractivity contribution < 1.29 is 4.74 Å². The van der Waals surface area contributed by atoms with Crippen LogP contribution in [0.25, 0.3) is 0 Å². The van der Waals surface area contributed by atoms with E-state index in [1.54, 1.807) is 7.11 Å². The van der Waals surface area contributed by atoms with Crippen molar-refractivity contribution in [2.45, 2.75) is 13.5 Å². The topological polar surface area (TPSA) is 53.0 Å². The molecule has 1 aromatic carbocycles. The van der Waals surface area contributed by atoms with Crippen LogP contribution in [0.1, 0.15) is 11.3 Å². The molecule has 2 heterocycles. The second-order valence-electron chi connectivity index (χ2n) is 6.34. The Hall–Kier alpha value is -2.76. The zero-order chi connectivity index (χ0) is 18.4. The minimum Gasteiger partial charge on any atom is -0.497 e. The molecule has 0 bridgehead atoms. The van der Waals surface area contributed by atoms with Gasteiger partial charge in [0.1, 0.15) is 5.75 Å². The summed E-state index contributed by atoms with van der Waals surface area (Å²) in [5.74, 6) is 1.83. The molecule has 1 aliphatic heterocycles. The molecule has 0 spiro atoms. The fourth-order valence-electron chi connectivity index (χ4n) is 3.18. The average Bonchev–Trinajstić information content (AvgIpc) is 2.70. The average molecular weight is 353 g/mol. The number of nitrogens with zero attached hydrogens (tertiary/aromatic N) is 4. The predicted molar refractivity (Wildman–Crippen MR) is 106 cm³/mol. The Balaban J connectivity index is 1.56. The molecule has 0 saturated carbocycles. The maximum Gasteiger partial charge on any atom is 0.194 e. The summed E-state index contributed by atoms with van der Waals surface area (Å²) in [5, 5.41) is 3.44. The highest BCUT2D eigenvalue weighted by molar-refractivity contribution is 5.80. The van der Waals surface area contributed by atoms with Gasteiger partial charge in [0.2, 0.25) is 0 Å². The summed E-state index contributed by atoms with van der Waals surface area (Å²) in [6.45, 7) is 6.54. The van der Waals surface area contributed by atoms with Crippen molar-refractivity contribution in [3.05, 3.63) is 53.9 Å². The third-order valence-corrected chi connectivity index (χ3v) is 4.74. The first-order chi connectivity index (χ1) is 12.7. The number of aliphatic imine (C=N–C) groups is 1. The SMILES string of the molecule is CN=C(NCc1ncccc1C)N1CCN(c2cccc(OC)c2)CC1. The highest BCUT2D eigenvalue weighted by Crippen LogP contribution is 2.22. The van der Waals surface area contributed by atoms with E-state index in [0.29, 0.717) is 6.54 Å². The van der Waals surface area contributed by atoms with Crippen LogP contribution in [0.2, 0.25) is 0 Å². The maximum atomic E-state index is 5.33. The molecule has 1 N–H and O–H groups in total. The van der Waals surface area contributed by atoms with Crippen molar-refractivity contribution in [2.75, 3.05) is 45.2 Å². The van der Waals surface area contributed by atoms with Crippen molar-refractivity contribution >= 4 is 11.6 Å². The minimum atomic E-state index is 0.690. The summed E-state index contributed by atoms with van der Waals surface area (Å²) in [5.41, 5.74) is 3.46. The highest BCUT2D eigenvalue weighted by atomic mass is 16.5. The van der Waals surface area contributed by atoms with Crippen molar-refractivity contribution in [2.24, 2.45) is 4.99 Å². The molecular formula is C20H27N5O. The molecule has 26 heavy (non-hydrogen) atoms. The molecule has 138 valence electrons. The monoisotopic (exact) mass is 353 g/mol. The van der Waals surface area contributed by atoms with Gasteiger partial charge in [-0.2, -0.15) is 0 Å². The quantitative estimate of drug-likeness (QED) is 0.675. The van der Waals surface area contributed by atoms with Crippen molar-refractivity contribution in [1.82, 2.24) is 15.2 Å². The first kappa shape index (κ1) is 18.0. The lowest BCUT2D eigenvalue weighted by Gasteiger charge is -2.37. The number of anilines is 1. The van der Waals surface area contributed by atoms with Crippen LogP contribution < -0.4 is 15.0 Å². The van der Waals surface area contributed by atoms with E-state index in [2.05, 4.69) is 50.2 Å². The third-order valence-electron chi connectivity index (χ3n) is 4.74. The molecule has 0 unspecified atom stereocenters. The van der Waals surface area contributed by atoms with Gasteiger partial charge < -0.3 is 19.9 Å². The summed E-state index contributed by atoms with van der Waals surface area (Å²) in [4.78, 5) is 13.6. The molecule has 1 saturated heterocycles. The van der Waals surface area contributed by atoms with Crippen LogP contribution in [0.4, 0.5) is 5.69 Å². The molecular weight excluding hydrogens is 326 g/mol. The number of piperazine rings is 1. The summed E-state index contributed by atoms with van der Waals surface area (Å²) < 4.78 is 5.33. The molecule has 1 aliphatic rings. The lowest BCUT2D eigenvalue weighted by atomic mass is 10.2. The number of aromatic nitrogens is 1. The summed E-state index contributed by atoms with van der Waals surface area (Å²) in [6.07, 6.45) is 1.83. The number of rotatable bonds is 4. The number of benzene rings is 1. The standard InChI is InChI=1S/C20H27N5O/c1-16-6-5-9-22-19(16)15-23-20(21-2)25-12-10-24(11-13-25)17-7-4-8-18(14-17)26-3/h4-9,14H,10-13,15H2,1-3H3,(H,21,23). The summed E-state index contributed by atoms with van der Waals surface area (Å²) in [7, 11) is 3.54. The zero-order valence-electron chi connectivity index (χ0n) is 15.8. The molecule has 6 heteroatoms. The fourth-order valence-corrected chi connectivity index (χ4v) is 3.18. The van der Waals surface area contributed by atoms with Gasteiger partial charge in [0.05, 0.1) is 19.3 Å². The molecule has 3 rings (SSSR count). The van der Waals surface area contributed by atoms with E-state index in [-0.39, 0.29) is 0 Å². The van der Waals surface area contributed by atoms with Crippen molar-refractivity contribution in [3.63, 3.8) is 0 Å². The maximum absolute atomic E-state index is 5.33. The molecule has 1 fully saturated rings. The molecule has 1 aromatic heterocycles.